The largest absolute Gasteiger partial charge is 0.478 e. The zero-order valence-corrected chi connectivity index (χ0v) is 9.21. The monoisotopic (exact) mass is 228 g/mol. The average Bonchev–Trinajstić information content (AvgIpc) is 2.53. The van der Waals surface area contributed by atoms with Crippen molar-refractivity contribution in [2.24, 2.45) is 0 Å². The molecule has 0 aliphatic heterocycles. The molecule has 82 valence electrons. The van der Waals surface area contributed by atoms with Crippen molar-refractivity contribution in [2.45, 2.75) is 26.2 Å². The van der Waals surface area contributed by atoms with Gasteiger partial charge in [-0.2, -0.15) is 0 Å². The van der Waals surface area contributed by atoms with Gasteiger partial charge < -0.3 is 10.1 Å². The van der Waals surface area contributed by atoms with Crippen LogP contribution in [-0.2, 0) is 11.2 Å². The van der Waals surface area contributed by atoms with Crippen molar-refractivity contribution in [2.75, 3.05) is 0 Å². The summed E-state index contributed by atoms with van der Waals surface area (Å²) in [5.74, 6) is -0.212. The third kappa shape index (κ3) is 3.75. The Morgan fingerprint density at radius 3 is 3.00 bits per heavy atom. The summed E-state index contributed by atoms with van der Waals surface area (Å²) < 4.78 is 0. The van der Waals surface area contributed by atoms with Crippen molar-refractivity contribution >= 4 is 23.6 Å². The Morgan fingerprint density at radius 1 is 1.67 bits per heavy atom. The van der Waals surface area contributed by atoms with Crippen molar-refractivity contribution in [3.05, 3.63) is 22.7 Å². The highest BCUT2D eigenvalue weighted by atomic mass is 35.5. The summed E-state index contributed by atoms with van der Waals surface area (Å²) in [5, 5.41) is 8.83. The maximum atomic E-state index is 10.3. The van der Waals surface area contributed by atoms with Crippen molar-refractivity contribution in [3.63, 3.8) is 0 Å². The van der Waals surface area contributed by atoms with Gasteiger partial charge in [-0.05, 0) is 12.5 Å². The predicted octanol–water partition coefficient (Wildman–Crippen LogP) is 2.50. The number of hydrogen-bond acceptors (Lipinski definition) is 2. The van der Waals surface area contributed by atoms with Gasteiger partial charge in [-0.3, -0.25) is 0 Å². The quantitative estimate of drug-likeness (QED) is 0.761. The molecule has 0 saturated heterocycles. The maximum Gasteiger partial charge on any atom is 0.328 e. The van der Waals surface area contributed by atoms with E-state index in [1.165, 1.54) is 6.08 Å². The summed E-state index contributed by atoms with van der Waals surface area (Å²) in [6, 6.07) is 0. The highest BCUT2D eigenvalue weighted by Crippen LogP contribution is 2.15. The minimum absolute atomic E-state index is 0.388. The molecule has 1 aromatic rings. The van der Waals surface area contributed by atoms with Gasteiger partial charge >= 0.3 is 5.97 Å². The molecule has 0 aliphatic carbocycles. The van der Waals surface area contributed by atoms with Crippen LogP contribution in [0.4, 0.5) is 0 Å². The van der Waals surface area contributed by atoms with Gasteiger partial charge in [-0.15, -0.1) is 0 Å². The first-order valence-corrected chi connectivity index (χ1v) is 5.16. The van der Waals surface area contributed by atoms with E-state index < -0.39 is 5.97 Å². The lowest BCUT2D eigenvalue weighted by Crippen LogP contribution is -1.88. The molecular weight excluding hydrogens is 216 g/mol. The van der Waals surface area contributed by atoms with Gasteiger partial charge in [0.2, 0.25) is 0 Å². The van der Waals surface area contributed by atoms with Gasteiger partial charge in [-0.25, -0.2) is 9.78 Å². The minimum Gasteiger partial charge on any atom is -0.478 e. The first kappa shape index (κ1) is 11.8. The standard InChI is InChI=1S/C10H13ClN2O2/c1-2-3-4-8-12-7(10(11)13-8)5-6-9(14)15/h5-6H,2-4H2,1H3,(H,12,13)(H,14,15). The number of halogens is 1. The summed E-state index contributed by atoms with van der Waals surface area (Å²) in [6.45, 7) is 2.09. The molecule has 0 spiro atoms. The zero-order valence-electron chi connectivity index (χ0n) is 8.46. The summed E-state index contributed by atoms with van der Waals surface area (Å²) in [5.41, 5.74) is 0.477. The van der Waals surface area contributed by atoms with E-state index >= 15 is 0 Å². The number of unbranched alkanes of at least 4 members (excludes halogenated alkanes) is 1. The molecule has 1 aromatic heterocycles. The second kappa shape index (κ2) is 5.56. The molecule has 1 rings (SSSR count). The first-order valence-electron chi connectivity index (χ1n) is 4.79. The molecule has 0 saturated carbocycles. The molecule has 5 heteroatoms. The van der Waals surface area contributed by atoms with Gasteiger partial charge in [0, 0.05) is 12.5 Å². The van der Waals surface area contributed by atoms with E-state index in [1.54, 1.807) is 0 Å². The number of aryl methyl sites for hydroxylation is 1. The molecule has 0 unspecified atom stereocenters. The van der Waals surface area contributed by atoms with E-state index in [0.29, 0.717) is 10.8 Å². The number of carbonyl (C=O) groups is 1. The van der Waals surface area contributed by atoms with E-state index in [-0.39, 0.29) is 0 Å². The third-order valence-corrected chi connectivity index (χ3v) is 2.17. The van der Waals surface area contributed by atoms with Crippen LogP contribution in [0.3, 0.4) is 0 Å². The van der Waals surface area contributed by atoms with Crippen molar-refractivity contribution in [3.8, 4) is 0 Å². The van der Waals surface area contributed by atoms with Gasteiger partial charge in [-0.1, -0.05) is 24.9 Å². The Bertz CT molecular complexity index is 371. The minimum atomic E-state index is -1.01. The van der Waals surface area contributed by atoms with Crippen molar-refractivity contribution < 1.29 is 9.90 Å². The molecule has 15 heavy (non-hydrogen) atoms. The highest BCUT2D eigenvalue weighted by molar-refractivity contribution is 6.30. The normalized spacial score (nSPS) is 11.1. The number of carboxylic acid groups (broad SMARTS) is 1. The van der Waals surface area contributed by atoms with E-state index in [1.807, 2.05) is 0 Å². The second-order valence-electron chi connectivity index (χ2n) is 3.16. The number of imidazole rings is 1. The van der Waals surface area contributed by atoms with Crippen LogP contribution in [0.1, 0.15) is 31.3 Å². The van der Waals surface area contributed by atoms with Crippen LogP contribution in [0.15, 0.2) is 6.08 Å². The molecule has 1 heterocycles. The van der Waals surface area contributed by atoms with E-state index in [2.05, 4.69) is 16.9 Å². The number of aromatic amines is 1. The third-order valence-electron chi connectivity index (χ3n) is 1.89. The predicted molar refractivity (Wildman–Crippen MR) is 58.9 cm³/mol. The topological polar surface area (TPSA) is 66.0 Å². The van der Waals surface area contributed by atoms with Crippen LogP contribution in [0.25, 0.3) is 6.08 Å². The molecule has 0 aromatic carbocycles. The van der Waals surface area contributed by atoms with Crippen LogP contribution in [0.2, 0.25) is 5.15 Å². The Balaban J connectivity index is 2.72. The van der Waals surface area contributed by atoms with E-state index in [9.17, 15) is 4.79 Å². The molecular formula is C10H13ClN2O2. The van der Waals surface area contributed by atoms with E-state index in [4.69, 9.17) is 16.7 Å². The van der Waals surface area contributed by atoms with Crippen LogP contribution in [0.5, 0.6) is 0 Å². The first-order chi connectivity index (χ1) is 7.13. The smallest absolute Gasteiger partial charge is 0.328 e. The summed E-state index contributed by atoms with van der Waals surface area (Å²) in [4.78, 5) is 17.4. The average molecular weight is 229 g/mol. The molecule has 0 atom stereocenters. The highest BCUT2D eigenvalue weighted by Gasteiger charge is 2.05. The summed E-state index contributed by atoms with van der Waals surface area (Å²) in [7, 11) is 0. The number of aliphatic carboxylic acids is 1. The fraction of sp³-hybridized carbons (Fsp3) is 0.400. The van der Waals surface area contributed by atoms with Gasteiger partial charge in [0.1, 0.15) is 16.7 Å². The summed E-state index contributed by atoms with van der Waals surface area (Å²) in [6.07, 6.45) is 5.35. The van der Waals surface area contributed by atoms with Crippen LogP contribution < -0.4 is 0 Å². The fourth-order valence-corrected chi connectivity index (χ4v) is 1.35. The molecule has 0 amide bonds. The molecule has 2 N–H and O–H groups in total. The van der Waals surface area contributed by atoms with Crippen molar-refractivity contribution in [1.29, 1.82) is 0 Å². The number of H-pyrrole nitrogens is 1. The number of carboxylic acids is 1. The SMILES string of the molecule is CCCCc1nc(C=CC(=O)O)c(Cl)[nH]1. The number of nitrogens with one attached hydrogen (secondary N) is 1. The molecule has 0 radical (unpaired) electrons. The van der Waals surface area contributed by atoms with Crippen LogP contribution in [0, 0.1) is 0 Å². The van der Waals surface area contributed by atoms with Crippen molar-refractivity contribution in [1.82, 2.24) is 9.97 Å². The van der Waals surface area contributed by atoms with E-state index in [0.717, 1.165) is 31.2 Å². The molecule has 0 bridgehead atoms. The van der Waals surface area contributed by atoms with Gasteiger partial charge in [0.25, 0.3) is 0 Å². The Kier molecular flexibility index (Phi) is 4.37. The number of hydrogen-bond donors (Lipinski definition) is 2. The van der Waals surface area contributed by atoms with Gasteiger partial charge in [0.15, 0.2) is 0 Å². The van der Waals surface area contributed by atoms with Crippen LogP contribution in [-0.4, -0.2) is 21.0 Å². The summed E-state index contributed by atoms with van der Waals surface area (Å²) >= 11 is 5.85. The maximum absolute atomic E-state index is 10.3. The lowest BCUT2D eigenvalue weighted by atomic mass is 10.2. The Morgan fingerprint density at radius 2 is 2.40 bits per heavy atom. The lowest BCUT2D eigenvalue weighted by Gasteiger charge is -1.90. The number of aromatic nitrogens is 2. The molecule has 0 fully saturated rings. The fourth-order valence-electron chi connectivity index (χ4n) is 1.14. The second-order valence-corrected chi connectivity index (χ2v) is 3.54. The Labute approximate surface area is 93.0 Å². The Hall–Kier alpha value is -1.29. The van der Waals surface area contributed by atoms with Gasteiger partial charge in [0.05, 0.1) is 0 Å². The van der Waals surface area contributed by atoms with Crippen LogP contribution >= 0.6 is 11.6 Å². The lowest BCUT2D eigenvalue weighted by molar-refractivity contribution is -0.131. The number of nitrogens with zero attached hydrogens (tertiary/aromatic N) is 1. The number of rotatable bonds is 5. The molecule has 0 aliphatic rings. The molecule has 4 nitrogen and oxygen atoms in total. The zero-order chi connectivity index (χ0) is 11.3.